The van der Waals surface area contributed by atoms with Gasteiger partial charge in [0.05, 0.1) is 13.2 Å². The van der Waals surface area contributed by atoms with Crippen LogP contribution < -0.4 is 4.90 Å². The van der Waals surface area contributed by atoms with Gasteiger partial charge in [-0.3, -0.25) is 19.5 Å². The summed E-state index contributed by atoms with van der Waals surface area (Å²) in [6, 6.07) is 9.12. The Bertz CT molecular complexity index is 911. The number of nitrogens with zero attached hydrogens (tertiary/aromatic N) is 6. The molecule has 158 valence electrons. The Morgan fingerprint density at radius 1 is 1.10 bits per heavy atom. The van der Waals surface area contributed by atoms with E-state index in [1.807, 2.05) is 53.3 Å². The molecular formula is C21H26N6O3. The largest absolute Gasteiger partial charge is 0.379 e. The molecule has 2 saturated heterocycles. The van der Waals surface area contributed by atoms with Gasteiger partial charge in [0, 0.05) is 50.8 Å². The quantitative estimate of drug-likeness (QED) is 0.736. The highest BCUT2D eigenvalue weighted by atomic mass is 16.5. The average molecular weight is 410 g/mol. The van der Waals surface area contributed by atoms with Gasteiger partial charge in [-0.05, 0) is 19.1 Å². The molecule has 0 saturated carbocycles. The molecule has 1 aromatic carbocycles. The molecule has 4 aliphatic rings. The Kier molecular flexibility index (Phi) is 4.71. The van der Waals surface area contributed by atoms with Crippen LogP contribution in [0.15, 0.2) is 47.2 Å². The number of aliphatic imine (C=N–C) groups is 1. The number of guanidine groups is 1. The van der Waals surface area contributed by atoms with E-state index in [1.165, 1.54) is 4.90 Å². The molecule has 30 heavy (non-hydrogen) atoms. The maximum Gasteiger partial charge on any atom is 0.328 e. The number of rotatable bonds is 4. The fraction of sp³-hybridized carbons (Fsp3) is 0.476. The minimum atomic E-state index is -0.531. The van der Waals surface area contributed by atoms with Gasteiger partial charge in [0.1, 0.15) is 0 Å². The molecule has 4 aliphatic heterocycles. The Labute approximate surface area is 175 Å². The van der Waals surface area contributed by atoms with E-state index in [9.17, 15) is 9.59 Å². The first kappa shape index (κ1) is 19.1. The van der Waals surface area contributed by atoms with Crippen molar-refractivity contribution in [3.63, 3.8) is 0 Å². The van der Waals surface area contributed by atoms with E-state index in [1.54, 1.807) is 11.9 Å². The summed E-state index contributed by atoms with van der Waals surface area (Å²) < 4.78 is 5.38. The first-order valence-electron chi connectivity index (χ1n) is 10.3. The molecule has 5 rings (SSSR count). The van der Waals surface area contributed by atoms with E-state index < -0.39 is 12.2 Å². The number of carbonyl (C=O) groups excluding carboxylic acids is 2. The van der Waals surface area contributed by atoms with E-state index in [-0.39, 0.29) is 11.9 Å². The van der Waals surface area contributed by atoms with E-state index in [2.05, 4.69) is 4.90 Å². The first-order chi connectivity index (χ1) is 14.6. The number of hydrogen-bond acceptors (Lipinski definition) is 7. The molecule has 9 heteroatoms. The van der Waals surface area contributed by atoms with Crippen LogP contribution in [-0.4, -0.2) is 96.1 Å². The predicted molar refractivity (Wildman–Crippen MR) is 112 cm³/mol. The van der Waals surface area contributed by atoms with Crippen molar-refractivity contribution in [3.05, 3.63) is 42.2 Å². The number of allylic oxidation sites excluding steroid dienone is 1. The molecular weight excluding hydrogens is 384 g/mol. The number of likely N-dealkylation sites (N-methyl/N-ethyl adjacent to an activating group) is 1. The van der Waals surface area contributed by atoms with Crippen LogP contribution in [0.5, 0.6) is 0 Å². The van der Waals surface area contributed by atoms with Crippen LogP contribution >= 0.6 is 0 Å². The van der Waals surface area contributed by atoms with E-state index in [0.717, 1.165) is 24.5 Å². The summed E-state index contributed by atoms with van der Waals surface area (Å²) in [7, 11) is 1.73. The summed E-state index contributed by atoms with van der Waals surface area (Å²) in [5.41, 5.74) is 1.97. The van der Waals surface area contributed by atoms with Gasteiger partial charge >= 0.3 is 6.03 Å². The molecule has 0 bridgehead atoms. The second-order valence-corrected chi connectivity index (χ2v) is 7.97. The smallest absolute Gasteiger partial charge is 0.328 e. The standard InChI is InChI=1S/C21H26N6O3/c1-15-14-26-17-18(22-20(26)27(15)16-6-4-3-5-7-16)23(2)21(29)25(19(17)28)9-8-24-10-12-30-13-11-24/h3-7,14,17-18H,8-13H2,1-2H3. The molecule has 3 amide bonds. The van der Waals surface area contributed by atoms with Crippen LogP contribution in [0.2, 0.25) is 0 Å². The lowest BCUT2D eigenvalue weighted by atomic mass is 10.1. The van der Waals surface area contributed by atoms with Crippen molar-refractivity contribution in [2.75, 3.05) is 51.3 Å². The van der Waals surface area contributed by atoms with Gasteiger partial charge in [-0.25, -0.2) is 9.79 Å². The number of fused-ring (bicyclic) bond motifs is 3. The Balaban J connectivity index is 1.38. The molecule has 0 aromatic heterocycles. The number of para-hydroxylation sites is 1. The van der Waals surface area contributed by atoms with Crippen LogP contribution in [0, 0.1) is 0 Å². The number of anilines is 1. The number of morpholine rings is 1. The Hall–Kier alpha value is -2.91. The summed E-state index contributed by atoms with van der Waals surface area (Å²) in [6.45, 7) is 6.07. The number of benzene rings is 1. The van der Waals surface area contributed by atoms with Gasteiger partial charge in [0.25, 0.3) is 5.91 Å². The number of hydrogen-bond donors (Lipinski definition) is 0. The molecule has 2 fully saturated rings. The van der Waals surface area contributed by atoms with Crippen LogP contribution in [0.4, 0.5) is 10.5 Å². The third kappa shape index (κ3) is 2.96. The highest BCUT2D eigenvalue weighted by Crippen LogP contribution is 2.36. The van der Waals surface area contributed by atoms with Crippen LogP contribution in [0.25, 0.3) is 0 Å². The van der Waals surface area contributed by atoms with Crippen molar-refractivity contribution in [2.45, 2.75) is 19.1 Å². The van der Waals surface area contributed by atoms with Crippen LogP contribution in [-0.2, 0) is 9.53 Å². The fourth-order valence-electron chi connectivity index (χ4n) is 4.52. The molecule has 0 N–H and O–H groups in total. The van der Waals surface area contributed by atoms with Crippen molar-refractivity contribution < 1.29 is 14.3 Å². The lowest BCUT2D eigenvalue weighted by Crippen LogP contribution is -2.65. The van der Waals surface area contributed by atoms with Crippen molar-refractivity contribution in [3.8, 4) is 0 Å². The number of imide groups is 1. The van der Waals surface area contributed by atoms with E-state index in [0.29, 0.717) is 32.3 Å². The Morgan fingerprint density at radius 3 is 2.57 bits per heavy atom. The molecule has 1 aromatic rings. The van der Waals surface area contributed by atoms with Crippen molar-refractivity contribution >= 4 is 23.6 Å². The zero-order chi connectivity index (χ0) is 20.8. The maximum atomic E-state index is 13.4. The highest BCUT2D eigenvalue weighted by molar-refractivity contribution is 6.09. The molecule has 2 unspecified atom stereocenters. The molecule has 4 heterocycles. The summed E-state index contributed by atoms with van der Waals surface area (Å²) in [4.78, 5) is 40.3. The van der Waals surface area contributed by atoms with Gasteiger partial charge in [0.2, 0.25) is 5.96 Å². The maximum absolute atomic E-state index is 13.4. The zero-order valence-electron chi connectivity index (χ0n) is 17.3. The van der Waals surface area contributed by atoms with Crippen molar-refractivity contribution in [1.82, 2.24) is 19.6 Å². The summed E-state index contributed by atoms with van der Waals surface area (Å²) >= 11 is 0. The predicted octanol–water partition coefficient (Wildman–Crippen LogP) is 0.960. The number of amides is 3. The molecule has 2 atom stereocenters. The van der Waals surface area contributed by atoms with Gasteiger partial charge in [-0.1, -0.05) is 18.2 Å². The number of urea groups is 1. The van der Waals surface area contributed by atoms with Gasteiger partial charge in [-0.2, -0.15) is 0 Å². The highest BCUT2D eigenvalue weighted by Gasteiger charge is 2.54. The Morgan fingerprint density at radius 2 is 1.83 bits per heavy atom. The minimum absolute atomic E-state index is 0.186. The number of ether oxygens (including phenoxy) is 1. The van der Waals surface area contributed by atoms with Crippen LogP contribution in [0.1, 0.15) is 6.92 Å². The first-order valence-corrected chi connectivity index (χ1v) is 10.3. The van der Waals surface area contributed by atoms with Gasteiger partial charge < -0.3 is 14.5 Å². The SMILES string of the molecule is CC1=CN2C(=NC3C2C(=O)N(CCN2CCOCC2)C(=O)N3C)N1c1ccccc1. The molecule has 0 radical (unpaired) electrons. The van der Waals surface area contributed by atoms with Gasteiger partial charge in [0.15, 0.2) is 12.2 Å². The number of carbonyl (C=O) groups is 2. The van der Waals surface area contributed by atoms with E-state index >= 15 is 0 Å². The van der Waals surface area contributed by atoms with Gasteiger partial charge in [-0.15, -0.1) is 0 Å². The normalized spacial score (nSPS) is 26.7. The lowest BCUT2D eigenvalue weighted by molar-refractivity contribution is -0.136. The van der Waals surface area contributed by atoms with Crippen molar-refractivity contribution in [1.29, 1.82) is 0 Å². The monoisotopic (exact) mass is 410 g/mol. The second kappa shape index (κ2) is 7.41. The molecule has 9 nitrogen and oxygen atoms in total. The minimum Gasteiger partial charge on any atom is -0.379 e. The summed E-state index contributed by atoms with van der Waals surface area (Å²) in [5, 5.41) is 0. The third-order valence-corrected chi connectivity index (χ3v) is 6.15. The fourth-order valence-corrected chi connectivity index (χ4v) is 4.52. The zero-order valence-corrected chi connectivity index (χ0v) is 17.3. The molecule has 0 spiro atoms. The summed E-state index contributed by atoms with van der Waals surface area (Å²) in [5.74, 6) is 0.505. The van der Waals surface area contributed by atoms with E-state index in [4.69, 9.17) is 9.73 Å². The third-order valence-electron chi connectivity index (χ3n) is 6.15. The lowest BCUT2D eigenvalue weighted by Gasteiger charge is -2.40. The van der Waals surface area contributed by atoms with Crippen molar-refractivity contribution in [2.24, 2.45) is 4.99 Å². The second-order valence-electron chi connectivity index (χ2n) is 7.97. The topological polar surface area (TPSA) is 71.9 Å². The van der Waals surface area contributed by atoms with Crippen LogP contribution in [0.3, 0.4) is 0 Å². The molecule has 0 aliphatic carbocycles. The summed E-state index contributed by atoms with van der Waals surface area (Å²) in [6.07, 6.45) is 1.44. The average Bonchev–Trinajstić information content (AvgIpc) is 3.28.